The first-order valence-corrected chi connectivity index (χ1v) is 16.0. The minimum absolute atomic E-state index is 0.726. The van der Waals surface area contributed by atoms with Gasteiger partial charge in [-0.1, -0.05) is 35.0 Å². The summed E-state index contributed by atoms with van der Waals surface area (Å²) in [5, 5.41) is 2.46. The molecule has 222 valence electrons. The highest BCUT2D eigenvalue weighted by molar-refractivity contribution is 6.11. The molecule has 0 saturated carbocycles. The third-order valence-electron chi connectivity index (χ3n) is 10.5. The lowest BCUT2D eigenvalue weighted by atomic mass is 9.84. The fourth-order valence-corrected chi connectivity index (χ4v) is 8.84. The average molecular weight is 609 g/mol. The largest absolute Gasteiger partial charge is 0.456 e. The number of benzene rings is 3. The molecule has 1 atom stereocenters. The van der Waals surface area contributed by atoms with E-state index < -0.39 is 5.66 Å². The lowest BCUT2D eigenvalue weighted by Crippen LogP contribution is -2.77. The first-order chi connectivity index (χ1) is 23.1. The maximum atomic E-state index is 6.84. The molecular formula is C40H28N6O+2. The van der Waals surface area contributed by atoms with Crippen molar-refractivity contribution in [2.75, 3.05) is 0 Å². The van der Waals surface area contributed by atoms with Gasteiger partial charge in [0, 0.05) is 53.5 Å². The standard InChI is InChI=1S/C40H28N6O/c1-23-20-27(26-10-9-18-41-21-26)22-42-38(23)35-24(2)45-31-13-8-14-32-36(31)40(46(45)25(35)3)37-33(47-32)17-16-29-28-11-4-5-12-30(28)44(39(29)37)34-15-6-7-19-43(34)40/h4-22H,1-3H3/q+2. The van der Waals surface area contributed by atoms with Crippen LogP contribution in [0.1, 0.15) is 28.1 Å². The minimum atomic E-state index is -0.726. The number of pyridine rings is 3. The van der Waals surface area contributed by atoms with Crippen LogP contribution in [0.4, 0.5) is 0 Å². The van der Waals surface area contributed by atoms with Crippen molar-refractivity contribution < 1.29 is 14.0 Å². The number of rotatable bonds is 2. The normalized spacial score (nSPS) is 16.2. The second-order valence-corrected chi connectivity index (χ2v) is 12.8. The van der Waals surface area contributed by atoms with Gasteiger partial charge in [-0.2, -0.15) is 9.13 Å². The van der Waals surface area contributed by atoms with Gasteiger partial charge in [-0.15, -0.1) is 4.68 Å². The molecule has 0 fully saturated rings. The summed E-state index contributed by atoms with van der Waals surface area (Å²) in [6.45, 7) is 6.63. The van der Waals surface area contributed by atoms with Crippen LogP contribution in [0.25, 0.3) is 55.7 Å². The van der Waals surface area contributed by atoms with Gasteiger partial charge in [-0.25, -0.2) is 0 Å². The molecule has 0 aliphatic carbocycles. The van der Waals surface area contributed by atoms with Crippen LogP contribution in [0.3, 0.4) is 0 Å². The first-order valence-electron chi connectivity index (χ1n) is 16.0. The van der Waals surface area contributed by atoms with Gasteiger partial charge in [0.15, 0.2) is 11.1 Å². The average Bonchev–Trinajstić information content (AvgIpc) is 3.70. The van der Waals surface area contributed by atoms with E-state index >= 15 is 0 Å². The van der Waals surface area contributed by atoms with Crippen LogP contribution < -0.4 is 14.0 Å². The predicted molar refractivity (Wildman–Crippen MR) is 179 cm³/mol. The number of hydrogen-bond acceptors (Lipinski definition) is 3. The summed E-state index contributed by atoms with van der Waals surface area (Å²) in [7, 11) is 0. The Morgan fingerprint density at radius 3 is 2.51 bits per heavy atom. The number of aryl methyl sites for hydroxylation is 1. The van der Waals surface area contributed by atoms with Crippen LogP contribution >= 0.6 is 0 Å². The van der Waals surface area contributed by atoms with Crippen LogP contribution in [-0.2, 0) is 5.66 Å². The van der Waals surface area contributed by atoms with Crippen molar-refractivity contribution in [2.24, 2.45) is 0 Å². The quantitative estimate of drug-likeness (QED) is 0.195. The van der Waals surface area contributed by atoms with Gasteiger partial charge < -0.3 is 4.74 Å². The maximum absolute atomic E-state index is 6.84. The van der Waals surface area contributed by atoms with Crippen LogP contribution in [0, 0.1) is 20.8 Å². The van der Waals surface area contributed by atoms with Crippen molar-refractivity contribution in [3.63, 3.8) is 0 Å². The second-order valence-electron chi connectivity index (χ2n) is 12.8. The van der Waals surface area contributed by atoms with E-state index in [1.807, 2.05) is 18.5 Å². The molecule has 11 rings (SSSR count). The second kappa shape index (κ2) is 8.39. The zero-order valence-electron chi connectivity index (χ0n) is 26.1. The van der Waals surface area contributed by atoms with Crippen molar-refractivity contribution in [1.82, 2.24) is 19.2 Å². The van der Waals surface area contributed by atoms with Crippen molar-refractivity contribution in [1.29, 1.82) is 0 Å². The Balaban J connectivity index is 1.30. The van der Waals surface area contributed by atoms with E-state index in [9.17, 15) is 0 Å². The van der Waals surface area contributed by atoms with E-state index in [4.69, 9.17) is 9.72 Å². The summed E-state index contributed by atoms with van der Waals surface area (Å²) >= 11 is 0. The van der Waals surface area contributed by atoms with Gasteiger partial charge >= 0.3 is 5.66 Å². The Morgan fingerprint density at radius 1 is 0.766 bits per heavy atom. The summed E-state index contributed by atoms with van der Waals surface area (Å²) in [6.07, 6.45) is 7.91. The van der Waals surface area contributed by atoms with Crippen LogP contribution in [0.5, 0.6) is 11.5 Å². The Morgan fingerprint density at radius 2 is 1.64 bits per heavy atom. The molecule has 0 radical (unpaired) electrons. The summed E-state index contributed by atoms with van der Waals surface area (Å²) in [4.78, 5) is 9.47. The lowest BCUT2D eigenvalue weighted by Gasteiger charge is -2.33. The van der Waals surface area contributed by atoms with E-state index in [0.29, 0.717) is 0 Å². The van der Waals surface area contributed by atoms with E-state index in [1.165, 1.54) is 21.8 Å². The number of fused-ring (bicyclic) bond motifs is 7. The number of nitrogens with zero attached hydrogens (tertiary/aromatic N) is 6. The number of para-hydroxylation sites is 1. The van der Waals surface area contributed by atoms with Crippen LogP contribution in [0.15, 0.2) is 116 Å². The van der Waals surface area contributed by atoms with E-state index in [-0.39, 0.29) is 0 Å². The van der Waals surface area contributed by atoms with Crippen molar-refractivity contribution >= 4 is 21.8 Å². The topological polar surface area (TPSA) is 52.6 Å². The zero-order chi connectivity index (χ0) is 31.2. The van der Waals surface area contributed by atoms with Gasteiger partial charge in [0.1, 0.15) is 28.3 Å². The lowest BCUT2D eigenvalue weighted by molar-refractivity contribution is -0.995. The van der Waals surface area contributed by atoms with Gasteiger partial charge in [-0.3, -0.25) is 9.97 Å². The number of hydrogen-bond donors (Lipinski definition) is 0. The minimum Gasteiger partial charge on any atom is -0.456 e. The highest BCUT2D eigenvalue weighted by Crippen LogP contribution is 2.56. The summed E-state index contributed by atoms with van der Waals surface area (Å²) in [5.74, 6) is 2.87. The molecule has 3 aliphatic heterocycles. The molecular weight excluding hydrogens is 580 g/mol. The third kappa shape index (κ3) is 2.77. The summed E-state index contributed by atoms with van der Waals surface area (Å²) in [6, 6.07) is 32.4. The van der Waals surface area contributed by atoms with Gasteiger partial charge in [0.2, 0.25) is 5.69 Å². The Hall–Kier alpha value is -6.08. The first kappa shape index (κ1) is 25.2. The van der Waals surface area contributed by atoms with E-state index in [2.05, 4.69) is 135 Å². The monoisotopic (exact) mass is 608 g/mol. The van der Waals surface area contributed by atoms with Gasteiger partial charge in [-0.05, 0) is 74.0 Å². The molecule has 1 spiro atoms. The van der Waals surface area contributed by atoms with Crippen LogP contribution in [0.2, 0.25) is 0 Å². The number of aromatic nitrogens is 6. The fourth-order valence-electron chi connectivity index (χ4n) is 8.84. The van der Waals surface area contributed by atoms with Gasteiger partial charge in [0.05, 0.1) is 23.1 Å². The summed E-state index contributed by atoms with van der Waals surface area (Å²) in [5.41, 5.74) is 12.7. The van der Waals surface area contributed by atoms with Gasteiger partial charge in [0.25, 0.3) is 5.82 Å². The Labute approximate surface area is 270 Å². The Bertz CT molecular complexity index is 2700. The van der Waals surface area contributed by atoms with Crippen molar-refractivity contribution in [2.45, 2.75) is 26.4 Å². The third-order valence-corrected chi connectivity index (χ3v) is 10.5. The maximum Gasteiger partial charge on any atom is 0.397 e. The molecule has 0 amide bonds. The molecule has 8 aromatic rings. The van der Waals surface area contributed by atoms with E-state index in [0.717, 1.165) is 73.5 Å². The molecule has 3 aromatic carbocycles. The molecule has 3 aliphatic rings. The fraction of sp³-hybridized carbons (Fsp3) is 0.100. The highest BCUT2D eigenvalue weighted by Gasteiger charge is 2.70. The smallest absolute Gasteiger partial charge is 0.397 e. The Kier molecular flexibility index (Phi) is 4.49. The predicted octanol–water partition coefficient (Wildman–Crippen LogP) is 7.23. The molecule has 1 unspecified atom stereocenters. The molecule has 0 N–H and O–H groups in total. The summed E-state index contributed by atoms with van der Waals surface area (Å²) < 4.78 is 16.6. The van der Waals surface area contributed by atoms with E-state index in [1.54, 1.807) is 6.20 Å². The van der Waals surface area contributed by atoms with Crippen LogP contribution in [-0.4, -0.2) is 19.2 Å². The zero-order valence-corrected chi connectivity index (χ0v) is 26.1. The molecule has 8 heterocycles. The molecule has 0 bridgehead atoms. The molecule has 47 heavy (non-hydrogen) atoms. The SMILES string of the molecule is Cc1cc(-c2cccnc2)cnc1-c1c(C)n2[n+](c1C)C13c4c(cccc4-2)Oc2ccc4c5ccccc5n(c4c21)-c1cccc[n+]13. The number of ether oxygens (including phenoxy) is 1. The van der Waals surface area contributed by atoms with Crippen molar-refractivity contribution in [3.8, 4) is 45.4 Å². The highest BCUT2D eigenvalue weighted by atomic mass is 16.5. The van der Waals surface area contributed by atoms with Crippen molar-refractivity contribution in [3.05, 3.63) is 144 Å². The molecule has 7 nitrogen and oxygen atoms in total. The molecule has 0 saturated heterocycles. The molecule has 5 aromatic heterocycles. The molecule has 7 heteroatoms.